The molecule has 8 heteroatoms. The average molecular weight is 417 g/mol. The van der Waals surface area contributed by atoms with Crippen LogP contribution in [0.15, 0.2) is 47.6 Å². The zero-order chi connectivity index (χ0) is 21.2. The highest BCUT2D eigenvalue weighted by Gasteiger charge is 2.26. The van der Waals surface area contributed by atoms with Crippen molar-refractivity contribution < 1.29 is 13.2 Å². The molecule has 0 unspecified atom stereocenters. The van der Waals surface area contributed by atoms with Gasteiger partial charge in [0.05, 0.1) is 4.90 Å². The van der Waals surface area contributed by atoms with Crippen molar-refractivity contribution in [1.82, 2.24) is 14.6 Å². The van der Waals surface area contributed by atoms with Crippen molar-refractivity contribution in [3.63, 3.8) is 0 Å². The first kappa shape index (κ1) is 21.3. The van der Waals surface area contributed by atoms with Crippen LogP contribution in [0.2, 0.25) is 0 Å². The van der Waals surface area contributed by atoms with Crippen molar-refractivity contribution in [2.24, 2.45) is 0 Å². The summed E-state index contributed by atoms with van der Waals surface area (Å²) in [6, 6.07) is 8.64. The molecule has 1 aliphatic rings. The Morgan fingerprint density at radius 2 is 1.66 bits per heavy atom. The van der Waals surface area contributed by atoms with E-state index in [-0.39, 0.29) is 10.8 Å². The van der Waals surface area contributed by atoms with E-state index in [1.807, 2.05) is 19.1 Å². The number of pyridine rings is 1. The first-order valence-electron chi connectivity index (χ1n) is 9.66. The number of benzene rings is 1. The molecule has 1 aromatic heterocycles. The molecule has 1 N–H and O–H groups in total. The van der Waals surface area contributed by atoms with Crippen molar-refractivity contribution in [1.29, 1.82) is 0 Å². The van der Waals surface area contributed by atoms with Gasteiger partial charge in [-0.2, -0.15) is 0 Å². The molecule has 1 aliphatic heterocycles. The summed E-state index contributed by atoms with van der Waals surface area (Å²) < 4.78 is 28.0. The number of sulfonamides is 1. The molecule has 0 aliphatic carbocycles. The lowest BCUT2D eigenvalue weighted by atomic mass is 10.1. The van der Waals surface area contributed by atoms with Gasteiger partial charge in [-0.15, -0.1) is 0 Å². The van der Waals surface area contributed by atoms with Crippen LogP contribution in [-0.4, -0.2) is 55.9 Å². The zero-order valence-corrected chi connectivity index (χ0v) is 18.2. The van der Waals surface area contributed by atoms with Crippen LogP contribution in [0, 0.1) is 6.92 Å². The minimum atomic E-state index is -3.70. The van der Waals surface area contributed by atoms with Gasteiger partial charge >= 0.3 is 0 Å². The monoisotopic (exact) mass is 416 g/mol. The van der Waals surface area contributed by atoms with Crippen LogP contribution in [0.1, 0.15) is 36.7 Å². The molecule has 156 valence electrons. The lowest BCUT2D eigenvalue weighted by Gasteiger charge is -2.36. The summed E-state index contributed by atoms with van der Waals surface area (Å²) in [4.78, 5) is 21.3. The summed E-state index contributed by atoms with van der Waals surface area (Å²) >= 11 is 0. The Morgan fingerprint density at radius 3 is 2.24 bits per heavy atom. The third-order valence-electron chi connectivity index (χ3n) is 4.79. The van der Waals surface area contributed by atoms with E-state index >= 15 is 0 Å². The smallest absolute Gasteiger partial charge is 0.254 e. The summed E-state index contributed by atoms with van der Waals surface area (Å²) in [6.45, 7) is 9.79. The third kappa shape index (κ3) is 5.13. The molecule has 0 saturated carbocycles. The minimum Gasteiger partial charge on any atom is -0.368 e. The SMILES string of the molecule is Cc1ccc(S(=O)(=O)NC(C)(C)C)cc1C(=O)N1CCN(c2ccncc2)CC1. The standard InChI is InChI=1S/C21H28N4O3S/c1-16-5-6-18(29(27,28)23-21(2,3)4)15-19(16)20(26)25-13-11-24(12-14-25)17-7-9-22-10-8-17/h5-10,15,23H,11-14H2,1-4H3. The third-order valence-corrected chi connectivity index (χ3v) is 6.54. The molecule has 0 spiro atoms. The van der Waals surface area contributed by atoms with E-state index in [1.165, 1.54) is 6.07 Å². The van der Waals surface area contributed by atoms with Gasteiger partial charge in [0.25, 0.3) is 5.91 Å². The Balaban J connectivity index is 1.76. The molecule has 2 aromatic rings. The number of nitrogens with one attached hydrogen (secondary N) is 1. The van der Waals surface area contributed by atoms with Crippen LogP contribution in [0.5, 0.6) is 0 Å². The van der Waals surface area contributed by atoms with Gasteiger partial charge in [0, 0.05) is 55.4 Å². The minimum absolute atomic E-state index is 0.108. The maximum Gasteiger partial charge on any atom is 0.254 e. The summed E-state index contributed by atoms with van der Waals surface area (Å²) in [5.41, 5.74) is 1.68. The molecule has 0 atom stereocenters. The molecule has 2 heterocycles. The fourth-order valence-electron chi connectivity index (χ4n) is 3.35. The van der Waals surface area contributed by atoms with Crippen LogP contribution in [0.4, 0.5) is 5.69 Å². The molecule has 0 bridgehead atoms. The van der Waals surface area contributed by atoms with Gasteiger partial charge in [-0.3, -0.25) is 9.78 Å². The van der Waals surface area contributed by atoms with Crippen molar-refractivity contribution in [3.8, 4) is 0 Å². The number of nitrogens with zero attached hydrogens (tertiary/aromatic N) is 3. The molecular formula is C21H28N4O3S. The highest BCUT2D eigenvalue weighted by atomic mass is 32.2. The first-order chi connectivity index (χ1) is 13.6. The van der Waals surface area contributed by atoms with Crippen molar-refractivity contribution in [2.45, 2.75) is 38.1 Å². The van der Waals surface area contributed by atoms with E-state index in [2.05, 4.69) is 14.6 Å². The van der Waals surface area contributed by atoms with Crippen molar-refractivity contribution >= 4 is 21.6 Å². The van der Waals surface area contributed by atoms with E-state index in [0.717, 1.165) is 24.3 Å². The van der Waals surface area contributed by atoms with E-state index < -0.39 is 15.6 Å². The van der Waals surface area contributed by atoms with Gasteiger partial charge in [0.2, 0.25) is 10.0 Å². The molecule has 29 heavy (non-hydrogen) atoms. The van der Waals surface area contributed by atoms with Gasteiger partial charge < -0.3 is 9.80 Å². The average Bonchev–Trinajstić information content (AvgIpc) is 2.66. The Hall–Kier alpha value is -2.45. The van der Waals surface area contributed by atoms with Crippen LogP contribution < -0.4 is 9.62 Å². The number of aromatic nitrogens is 1. The largest absolute Gasteiger partial charge is 0.368 e. The Bertz CT molecular complexity index is 977. The molecule has 1 fully saturated rings. The molecule has 1 amide bonds. The molecule has 0 radical (unpaired) electrons. The van der Waals surface area contributed by atoms with Gasteiger partial charge in [0.15, 0.2) is 0 Å². The maximum atomic E-state index is 13.1. The summed E-state index contributed by atoms with van der Waals surface area (Å²) in [6.07, 6.45) is 3.52. The normalized spacial score (nSPS) is 15.4. The number of carbonyl (C=O) groups is 1. The second kappa shape index (κ2) is 8.12. The zero-order valence-electron chi connectivity index (χ0n) is 17.3. The summed E-state index contributed by atoms with van der Waals surface area (Å²) in [7, 11) is -3.70. The number of hydrogen-bond acceptors (Lipinski definition) is 5. The Morgan fingerprint density at radius 1 is 1.03 bits per heavy atom. The van der Waals surface area contributed by atoms with Crippen LogP contribution in [0.25, 0.3) is 0 Å². The summed E-state index contributed by atoms with van der Waals surface area (Å²) in [5.74, 6) is -0.135. The lowest BCUT2D eigenvalue weighted by molar-refractivity contribution is 0.0746. The highest BCUT2D eigenvalue weighted by Crippen LogP contribution is 2.21. The predicted octanol–water partition coefficient (Wildman–Crippen LogP) is 2.43. The fourth-order valence-corrected chi connectivity index (χ4v) is 4.80. The second-order valence-electron chi connectivity index (χ2n) is 8.32. The van der Waals surface area contributed by atoms with E-state index in [9.17, 15) is 13.2 Å². The summed E-state index contributed by atoms with van der Waals surface area (Å²) in [5, 5.41) is 0. The Labute approximate surface area is 172 Å². The van der Waals surface area contributed by atoms with Crippen molar-refractivity contribution in [3.05, 3.63) is 53.9 Å². The number of rotatable bonds is 4. The Kier molecular flexibility index (Phi) is 5.95. The van der Waals surface area contributed by atoms with Gasteiger partial charge in [-0.25, -0.2) is 13.1 Å². The number of carbonyl (C=O) groups excluding carboxylic acids is 1. The highest BCUT2D eigenvalue weighted by molar-refractivity contribution is 7.89. The molecule has 1 saturated heterocycles. The lowest BCUT2D eigenvalue weighted by Crippen LogP contribution is -2.49. The van der Waals surface area contributed by atoms with Crippen LogP contribution >= 0.6 is 0 Å². The molecule has 1 aromatic carbocycles. The van der Waals surface area contributed by atoms with E-state index in [0.29, 0.717) is 18.7 Å². The number of aryl methyl sites for hydroxylation is 1. The van der Waals surface area contributed by atoms with Crippen molar-refractivity contribution in [2.75, 3.05) is 31.1 Å². The van der Waals surface area contributed by atoms with Crippen LogP contribution in [-0.2, 0) is 10.0 Å². The molecule has 3 rings (SSSR count). The fraction of sp³-hybridized carbons (Fsp3) is 0.429. The number of anilines is 1. The topological polar surface area (TPSA) is 82.6 Å². The number of hydrogen-bond donors (Lipinski definition) is 1. The second-order valence-corrected chi connectivity index (χ2v) is 10.00. The van der Waals surface area contributed by atoms with Gasteiger partial charge in [-0.1, -0.05) is 6.07 Å². The van der Waals surface area contributed by atoms with Crippen LogP contribution in [0.3, 0.4) is 0 Å². The van der Waals surface area contributed by atoms with E-state index in [1.54, 1.807) is 50.2 Å². The van der Waals surface area contributed by atoms with E-state index in [4.69, 9.17) is 0 Å². The van der Waals surface area contributed by atoms with Gasteiger partial charge in [-0.05, 0) is 57.5 Å². The molecular weight excluding hydrogens is 388 g/mol. The number of piperazine rings is 1. The predicted molar refractivity (Wildman–Crippen MR) is 114 cm³/mol. The maximum absolute atomic E-state index is 13.1. The van der Waals surface area contributed by atoms with Gasteiger partial charge in [0.1, 0.15) is 0 Å². The molecule has 7 nitrogen and oxygen atoms in total. The quantitative estimate of drug-likeness (QED) is 0.828. The number of amides is 1. The first-order valence-corrected chi connectivity index (χ1v) is 11.1.